The molecule has 1 heterocycles. The van der Waals surface area contributed by atoms with Gasteiger partial charge in [-0.2, -0.15) is 0 Å². The molecule has 1 aliphatic rings. The first-order valence-corrected chi connectivity index (χ1v) is 5.45. The lowest BCUT2D eigenvalue weighted by Gasteiger charge is -2.19. The molecule has 0 aromatic heterocycles. The van der Waals surface area contributed by atoms with Crippen molar-refractivity contribution in [3.8, 4) is 0 Å². The highest BCUT2D eigenvalue weighted by atomic mass is 16.3. The highest BCUT2D eigenvalue weighted by Crippen LogP contribution is 2.24. The number of aliphatic hydroxyl groups is 1. The number of aliphatic hydroxyl groups excluding tert-OH is 1. The zero-order chi connectivity index (χ0) is 11.5. The lowest BCUT2D eigenvalue weighted by atomic mass is 10.1. The van der Waals surface area contributed by atoms with Crippen LogP contribution in [0, 0.1) is 0 Å². The lowest BCUT2D eigenvalue weighted by Crippen LogP contribution is -2.29. The van der Waals surface area contributed by atoms with Crippen molar-refractivity contribution < 1.29 is 9.90 Å². The molecule has 0 unspecified atom stereocenters. The number of para-hydroxylation sites is 1. The number of rotatable bonds is 3. The maximum Gasteiger partial charge on any atom is 0.324 e. The Kier molecular flexibility index (Phi) is 3.10. The monoisotopic (exact) mass is 220 g/mol. The van der Waals surface area contributed by atoms with E-state index in [4.69, 9.17) is 5.11 Å². The van der Waals surface area contributed by atoms with Crippen LogP contribution in [-0.4, -0.2) is 42.8 Å². The minimum atomic E-state index is 0.0328. The minimum absolute atomic E-state index is 0.0328. The van der Waals surface area contributed by atoms with E-state index in [9.17, 15) is 4.79 Å². The molecule has 2 rings (SSSR count). The van der Waals surface area contributed by atoms with Gasteiger partial charge in [-0.25, -0.2) is 4.79 Å². The Morgan fingerprint density at radius 1 is 1.31 bits per heavy atom. The molecule has 4 nitrogen and oxygen atoms in total. The third kappa shape index (κ3) is 1.88. The summed E-state index contributed by atoms with van der Waals surface area (Å²) in [7, 11) is 1.80. The van der Waals surface area contributed by atoms with Crippen LogP contribution in [0.25, 0.3) is 0 Å². The molecule has 0 bridgehead atoms. The van der Waals surface area contributed by atoms with Gasteiger partial charge in [-0.15, -0.1) is 0 Å². The van der Waals surface area contributed by atoms with Crippen molar-refractivity contribution in [1.82, 2.24) is 4.90 Å². The molecule has 1 aromatic carbocycles. The number of benzene rings is 1. The number of anilines is 1. The van der Waals surface area contributed by atoms with E-state index in [0.717, 1.165) is 24.3 Å². The van der Waals surface area contributed by atoms with Crippen LogP contribution in [0.2, 0.25) is 0 Å². The quantitative estimate of drug-likeness (QED) is 0.828. The van der Waals surface area contributed by atoms with E-state index in [1.165, 1.54) is 0 Å². The molecule has 1 N–H and O–H groups in total. The fraction of sp³-hybridized carbons (Fsp3) is 0.417. The predicted molar refractivity (Wildman–Crippen MR) is 62.6 cm³/mol. The molecular weight excluding hydrogens is 204 g/mol. The maximum absolute atomic E-state index is 11.9. The van der Waals surface area contributed by atoms with Gasteiger partial charge in [0.05, 0.1) is 0 Å². The molecule has 1 aromatic rings. The third-order valence-corrected chi connectivity index (χ3v) is 2.88. The van der Waals surface area contributed by atoms with E-state index in [-0.39, 0.29) is 12.6 Å². The third-order valence-electron chi connectivity index (χ3n) is 2.88. The summed E-state index contributed by atoms with van der Waals surface area (Å²) in [6.45, 7) is 1.58. The molecule has 4 heteroatoms. The van der Waals surface area contributed by atoms with Crippen LogP contribution in [0.3, 0.4) is 0 Å². The van der Waals surface area contributed by atoms with Gasteiger partial charge in [0.25, 0.3) is 0 Å². The first-order chi connectivity index (χ1) is 7.74. The molecule has 0 atom stereocenters. The van der Waals surface area contributed by atoms with Crippen LogP contribution in [0.4, 0.5) is 10.5 Å². The van der Waals surface area contributed by atoms with Crippen molar-refractivity contribution in [2.24, 2.45) is 0 Å². The molecule has 1 aliphatic heterocycles. The number of urea groups is 1. The van der Waals surface area contributed by atoms with Crippen molar-refractivity contribution in [2.45, 2.75) is 6.42 Å². The molecule has 0 aliphatic carbocycles. The van der Waals surface area contributed by atoms with Gasteiger partial charge in [-0.05, 0) is 18.1 Å². The number of likely N-dealkylation sites (N-methyl/N-ethyl adjacent to an activating group) is 1. The Balaban J connectivity index is 2.29. The highest BCUT2D eigenvalue weighted by molar-refractivity contribution is 5.94. The summed E-state index contributed by atoms with van der Waals surface area (Å²) in [5.74, 6) is 0. The molecule has 2 amide bonds. The molecule has 0 spiro atoms. The Bertz CT molecular complexity index is 392. The zero-order valence-electron chi connectivity index (χ0n) is 9.39. The van der Waals surface area contributed by atoms with E-state index in [1.807, 2.05) is 24.3 Å². The fourth-order valence-corrected chi connectivity index (χ4v) is 1.98. The summed E-state index contributed by atoms with van der Waals surface area (Å²) in [6, 6.07) is 7.77. The average molecular weight is 220 g/mol. The number of carbonyl (C=O) groups is 1. The molecule has 1 saturated heterocycles. The topological polar surface area (TPSA) is 43.8 Å². The van der Waals surface area contributed by atoms with Gasteiger partial charge >= 0.3 is 6.03 Å². The molecule has 1 fully saturated rings. The van der Waals surface area contributed by atoms with Gasteiger partial charge in [-0.3, -0.25) is 4.90 Å². The van der Waals surface area contributed by atoms with Crippen molar-refractivity contribution in [3.63, 3.8) is 0 Å². The minimum Gasteiger partial charge on any atom is -0.396 e. The van der Waals surface area contributed by atoms with E-state index in [0.29, 0.717) is 6.42 Å². The van der Waals surface area contributed by atoms with Crippen LogP contribution >= 0.6 is 0 Å². The Labute approximate surface area is 95.1 Å². The normalized spacial score (nSPS) is 16.0. The SMILES string of the molecule is CN1CCN(c2ccccc2CCO)C1=O. The van der Waals surface area contributed by atoms with Gasteiger partial charge in [0.15, 0.2) is 0 Å². The Morgan fingerprint density at radius 2 is 2.06 bits per heavy atom. The summed E-state index contributed by atoms with van der Waals surface area (Å²) >= 11 is 0. The lowest BCUT2D eigenvalue weighted by molar-refractivity contribution is 0.229. The second kappa shape index (κ2) is 4.53. The Morgan fingerprint density at radius 3 is 2.69 bits per heavy atom. The fourth-order valence-electron chi connectivity index (χ4n) is 1.98. The van der Waals surface area contributed by atoms with Crippen molar-refractivity contribution in [2.75, 3.05) is 31.6 Å². The number of amides is 2. The first-order valence-electron chi connectivity index (χ1n) is 5.45. The standard InChI is InChI=1S/C12H16N2O2/c1-13-7-8-14(12(13)16)11-5-3-2-4-10(11)6-9-15/h2-5,15H,6-9H2,1H3. The first kappa shape index (κ1) is 11.0. The largest absolute Gasteiger partial charge is 0.396 e. The summed E-state index contributed by atoms with van der Waals surface area (Å²) in [4.78, 5) is 15.3. The van der Waals surface area contributed by atoms with E-state index in [2.05, 4.69) is 0 Å². The maximum atomic E-state index is 11.9. The molecular formula is C12H16N2O2. The number of hydrogen-bond acceptors (Lipinski definition) is 2. The number of nitrogens with zero attached hydrogens (tertiary/aromatic N) is 2. The highest BCUT2D eigenvalue weighted by Gasteiger charge is 2.27. The van der Waals surface area contributed by atoms with Gasteiger partial charge in [0.1, 0.15) is 0 Å². The number of carbonyl (C=O) groups excluding carboxylic acids is 1. The molecule has 0 radical (unpaired) electrons. The summed E-state index contributed by atoms with van der Waals surface area (Å²) in [6.07, 6.45) is 0.587. The Hall–Kier alpha value is -1.55. The van der Waals surface area contributed by atoms with Crippen molar-refractivity contribution in [3.05, 3.63) is 29.8 Å². The summed E-state index contributed by atoms with van der Waals surface area (Å²) < 4.78 is 0. The smallest absolute Gasteiger partial charge is 0.324 e. The van der Waals surface area contributed by atoms with E-state index >= 15 is 0 Å². The van der Waals surface area contributed by atoms with Crippen LogP contribution in [0.1, 0.15) is 5.56 Å². The van der Waals surface area contributed by atoms with Crippen LogP contribution in [0.5, 0.6) is 0 Å². The zero-order valence-corrected chi connectivity index (χ0v) is 9.39. The molecule has 86 valence electrons. The summed E-state index contributed by atoms with van der Waals surface area (Å²) in [5, 5.41) is 8.99. The van der Waals surface area contributed by atoms with Crippen molar-refractivity contribution >= 4 is 11.7 Å². The van der Waals surface area contributed by atoms with Gasteiger partial charge in [-0.1, -0.05) is 18.2 Å². The van der Waals surface area contributed by atoms with Crippen molar-refractivity contribution in [1.29, 1.82) is 0 Å². The second-order valence-corrected chi connectivity index (χ2v) is 3.96. The van der Waals surface area contributed by atoms with Gasteiger partial charge in [0.2, 0.25) is 0 Å². The predicted octanol–water partition coefficient (Wildman–Crippen LogP) is 1.09. The van der Waals surface area contributed by atoms with Gasteiger partial charge < -0.3 is 10.0 Å². The van der Waals surface area contributed by atoms with Crippen LogP contribution < -0.4 is 4.90 Å². The van der Waals surface area contributed by atoms with E-state index < -0.39 is 0 Å². The van der Waals surface area contributed by atoms with Crippen LogP contribution in [-0.2, 0) is 6.42 Å². The van der Waals surface area contributed by atoms with Gasteiger partial charge in [0, 0.05) is 32.4 Å². The summed E-state index contributed by atoms with van der Waals surface area (Å²) in [5.41, 5.74) is 1.94. The van der Waals surface area contributed by atoms with E-state index in [1.54, 1.807) is 16.8 Å². The average Bonchev–Trinajstić information content (AvgIpc) is 2.61. The molecule has 16 heavy (non-hydrogen) atoms. The van der Waals surface area contributed by atoms with Crippen LogP contribution in [0.15, 0.2) is 24.3 Å². The second-order valence-electron chi connectivity index (χ2n) is 3.96. The number of hydrogen-bond donors (Lipinski definition) is 1. The molecule has 0 saturated carbocycles.